The van der Waals surface area contributed by atoms with Crippen LogP contribution in [0.3, 0.4) is 0 Å². The quantitative estimate of drug-likeness (QED) is 0.802. The number of aryl methyl sites for hydroxylation is 1. The van der Waals surface area contributed by atoms with E-state index in [1.165, 1.54) is 18.9 Å². The zero-order chi connectivity index (χ0) is 17.0. The molecule has 0 fully saturated rings. The summed E-state index contributed by atoms with van der Waals surface area (Å²) >= 11 is 0. The number of nitrogens with zero attached hydrogens (tertiary/aromatic N) is 5. The number of hydrogen-bond donors (Lipinski definition) is 0. The molecule has 0 aromatic carbocycles. The van der Waals surface area contributed by atoms with Gasteiger partial charge in [0.2, 0.25) is 11.8 Å². The molecule has 0 bridgehead atoms. The Labute approximate surface area is 135 Å². The van der Waals surface area contributed by atoms with Crippen molar-refractivity contribution in [2.75, 3.05) is 27.3 Å². The highest BCUT2D eigenvalue weighted by molar-refractivity contribution is 5.93. The Bertz CT molecular complexity index is 672. The van der Waals surface area contributed by atoms with Crippen LogP contribution in [0.1, 0.15) is 30.0 Å². The zero-order valence-electron chi connectivity index (χ0n) is 14.0. The molecule has 0 saturated heterocycles. The van der Waals surface area contributed by atoms with E-state index in [1.54, 1.807) is 17.0 Å². The lowest BCUT2D eigenvalue weighted by Crippen LogP contribution is -2.32. The van der Waals surface area contributed by atoms with Crippen LogP contribution in [0.5, 0.6) is 11.8 Å². The van der Waals surface area contributed by atoms with Gasteiger partial charge in [0.1, 0.15) is 5.69 Å². The molecule has 2 aromatic rings. The minimum atomic E-state index is -0.124. The van der Waals surface area contributed by atoms with Crippen LogP contribution >= 0.6 is 0 Å². The van der Waals surface area contributed by atoms with E-state index >= 15 is 0 Å². The van der Waals surface area contributed by atoms with Crippen molar-refractivity contribution in [3.05, 3.63) is 23.5 Å². The van der Waals surface area contributed by atoms with Gasteiger partial charge in [-0.2, -0.15) is 19.7 Å². The van der Waals surface area contributed by atoms with Gasteiger partial charge in [-0.05, 0) is 26.8 Å². The summed E-state index contributed by atoms with van der Waals surface area (Å²) in [5.41, 5.74) is 1.10. The Morgan fingerprint density at radius 3 is 2.17 bits per heavy atom. The van der Waals surface area contributed by atoms with Gasteiger partial charge in [-0.15, -0.1) is 0 Å². The second kappa shape index (κ2) is 7.08. The Balaban J connectivity index is 2.54. The van der Waals surface area contributed by atoms with Crippen molar-refractivity contribution >= 4 is 5.91 Å². The fourth-order valence-corrected chi connectivity index (χ4v) is 2.17. The van der Waals surface area contributed by atoms with Gasteiger partial charge in [-0.3, -0.25) is 4.79 Å². The summed E-state index contributed by atoms with van der Waals surface area (Å²) < 4.78 is 11.7. The Morgan fingerprint density at radius 2 is 1.70 bits per heavy atom. The van der Waals surface area contributed by atoms with Crippen molar-refractivity contribution in [1.29, 1.82) is 0 Å². The number of carbonyl (C=O) groups is 1. The third-order valence-corrected chi connectivity index (χ3v) is 3.38. The lowest BCUT2D eigenvalue weighted by Gasteiger charge is -2.18. The molecule has 0 saturated carbocycles. The molecule has 23 heavy (non-hydrogen) atoms. The van der Waals surface area contributed by atoms with E-state index in [0.29, 0.717) is 36.2 Å². The van der Waals surface area contributed by atoms with Crippen LogP contribution in [0.25, 0.3) is 5.95 Å². The SMILES string of the molecule is CCN(CC)C(=O)c1cc(C)nn1-c1nc(OC)cc(OC)n1. The normalized spacial score (nSPS) is 10.5. The maximum Gasteiger partial charge on any atom is 0.272 e. The average molecular weight is 319 g/mol. The molecule has 124 valence electrons. The average Bonchev–Trinajstić information content (AvgIpc) is 2.97. The van der Waals surface area contributed by atoms with E-state index in [9.17, 15) is 4.79 Å². The van der Waals surface area contributed by atoms with Gasteiger partial charge in [0.05, 0.1) is 26.0 Å². The number of ether oxygens (including phenoxy) is 2. The summed E-state index contributed by atoms with van der Waals surface area (Å²) in [4.78, 5) is 22.9. The number of hydrogen-bond acceptors (Lipinski definition) is 6. The molecule has 0 radical (unpaired) electrons. The lowest BCUT2D eigenvalue weighted by molar-refractivity contribution is 0.0763. The monoisotopic (exact) mass is 319 g/mol. The first-order chi connectivity index (χ1) is 11.0. The van der Waals surface area contributed by atoms with Crippen molar-refractivity contribution in [2.45, 2.75) is 20.8 Å². The smallest absolute Gasteiger partial charge is 0.272 e. The highest BCUT2D eigenvalue weighted by Crippen LogP contribution is 2.19. The molecular weight excluding hydrogens is 298 g/mol. The Morgan fingerprint density at radius 1 is 1.13 bits per heavy atom. The van der Waals surface area contributed by atoms with E-state index in [2.05, 4.69) is 15.1 Å². The molecule has 0 spiro atoms. The van der Waals surface area contributed by atoms with Crippen LogP contribution in [0, 0.1) is 6.92 Å². The molecule has 2 aromatic heterocycles. The molecule has 0 aliphatic heterocycles. The van der Waals surface area contributed by atoms with Crippen LogP contribution in [-0.2, 0) is 0 Å². The van der Waals surface area contributed by atoms with E-state index < -0.39 is 0 Å². The van der Waals surface area contributed by atoms with Crippen molar-refractivity contribution in [2.24, 2.45) is 0 Å². The van der Waals surface area contributed by atoms with Crippen molar-refractivity contribution in [1.82, 2.24) is 24.6 Å². The minimum Gasteiger partial charge on any atom is -0.481 e. The molecule has 2 rings (SSSR count). The van der Waals surface area contributed by atoms with Crippen LogP contribution in [0.4, 0.5) is 0 Å². The first-order valence-corrected chi connectivity index (χ1v) is 7.37. The summed E-state index contributed by atoms with van der Waals surface area (Å²) in [5, 5.41) is 4.34. The third-order valence-electron chi connectivity index (χ3n) is 3.38. The van der Waals surface area contributed by atoms with Gasteiger partial charge in [0, 0.05) is 13.1 Å². The highest BCUT2D eigenvalue weighted by atomic mass is 16.5. The van der Waals surface area contributed by atoms with Gasteiger partial charge in [-0.25, -0.2) is 0 Å². The van der Waals surface area contributed by atoms with Crippen molar-refractivity contribution in [3.8, 4) is 17.7 Å². The van der Waals surface area contributed by atoms with Gasteiger partial charge >= 0.3 is 0 Å². The molecule has 0 unspecified atom stereocenters. The standard InChI is InChI=1S/C15H21N5O3/c1-6-19(7-2)14(21)11-8-10(3)18-20(11)15-16-12(22-4)9-13(17-15)23-5/h8-9H,6-7H2,1-5H3. The maximum atomic E-state index is 12.7. The largest absolute Gasteiger partial charge is 0.481 e. The molecular formula is C15H21N5O3. The van der Waals surface area contributed by atoms with E-state index in [-0.39, 0.29) is 11.9 Å². The molecule has 8 nitrogen and oxygen atoms in total. The first kappa shape index (κ1) is 16.7. The van der Waals surface area contributed by atoms with Crippen LogP contribution in [0.15, 0.2) is 12.1 Å². The number of carbonyl (C=O) groups excluding carboxylic acids is 1. The summed E-state index contributed by atoms with van der Waals surface area (Å²) in [6, 6.07) is 3.28. The topological polar surface area (TPSA) is 82.4 Å². The predicted octanol–water partition coefficient (Wildman–Crippen LogP) is 1.47. The summed E-state index contributed by atoms with van der Waals surface area (Å²) in [5.74, 6) is 0.772. The Kier molecular flexibility index (Phi) is 5.15. The van der Waals surface area contributed by atoms with Crippen LogP contribution in [-0.4, -0.2) is 57.9 Å². The molecule has 1 amide bonds. The van der Waals surface area contributed by atoms with Crippen LogP contribution in [0.2, 0.25) is 0 Å². The number of rotatable bonds is 6. The number of methoxy groups -OCH3 is 2. The van der Waals surface area contributed by atoms with E-state index in [1.807, 2.05) is 20.8 Å². The number of aromatic nitrogens is 4. The predicted molar refractivity (Wildman–Crippen MR) is 84.2 cm³/mol. The van der Waals surface area contributed by atoms with E-state index in [0.717, 1.165) is 0 Å². The molecule has 0 atom stereocenters. The molecule has 8 heteroatoms. The number of amides is 1. The molecule has 0 aliphatic rings. The van der Waals surface area contributed by atoms with Crippen LogP contribution < -0.4 is 9.47 Å². The van der Waals surface area contributed by atoms with Gasteiger partial charge < -0.3 is 14.4 Å². The highest BCUT2D eigenvalue weighted by Gasteiger charge is 2.21. The first-order valence-electron chi connectivity index (χ1n) is 7.37. The minimum absolute atomic E-state index is 0.124. The second-order valence-corrected chi connectivity index (χ2v) is 4.81. The fraction of sp³-hybridized carbons (Fsp3) is 0.467. The fourth-order valence-electron chi connectivity index (χ4n) is 2.17. The third kappa shape index (κ3) is 3.41. The van der Waals surface area contributed by atoms with Gasteiger partial charge in [0.25, 0.3) is 11.9 Å². The Hall–Kier alpha value is -2.64. The maximum absolute atomic E-state index is 12.7. The molecule has 2 heterocycles. The molecule has 0 N–H and O–H groups in total. The summed E-state index contributed by atoms with van der Waals surface area (Å²) in [6.45, 7) is 6.90. The van der Waals surface area contributed by atoms with Gasteiger partial charge in [-0.1, -0.05) is 0 Å². The van der Waals surface area contributed by atoms with E-state index in [4.69, 9.17) is 9.47 Å². The lowest BCUT2D eigenvalue weighted by atomic mass is 10.3. The zero-order valence-corrected chi connectivity index (χ0v) is 14.0. The van der Waals surface area contributed by atoms with Crippen molar-refractivity contribution in [3.63, 3.8) is 0 Å². The second-order valence-electron chi connectivity index (χ2n) is 4.81. The van der Waals surface area contributed by atoms with Gasteiger partial charge in [0.15, 0.2) is 0 Å². The van der Waals surface area contributed by atoms with Crippen molar-refractivity contribution < 1.29 is 14.3 Å². The molecule has 0 aliphatic carbocycles. The summed E-state index contributed by atoms with van der Waals surface area (Å²) in [7, 11) is 3.00. The summed E-state index contributed by atoms with van der Waals surface area (Å²) in [6.07, 6.45) is 0.